The van der Waals surface area contributed by atoms with Crippen molar-refractivity contribution in [2.75, 3.05) is 40.4 Å². The van der Waals surface area contributed by atoms with Crippen LogP contribution in [0.15, 0.2) is 12.1 Å². The zero-order valence-electron chi connectivity index (χ0n) is 16.5. The fraction of sp³-hybridized carbons (Fsp3) is 0.600. The van der Waals surface area contributed by atoms with Gasteiger partial charge in [0.25, 0.3) is 0 Å². The molecule has 0 saturated carbocycles. The Morgan fingerprint density at radius 2 is 1.58 bits per heavy atom. The third kappa shape index (κ3) is 4.68. The summed E-state index contributed by atoms with van der Waals surface area (Å²) in [6.45, 7) is 8.39. The van der Waals surface area contributed by atoms with E-state index < -0.39 is 0 Å². The average Bonchev–Trinajstić information content (AvgIpc) is 2.61. The molecular weight excluding hydrogens is 332 g/mol. The monoisotopic (exact) mass is 362 g/mol. The summed E-state index contributed by atoms with van der Waals surface area (Å²) in [4.78, 5) is 28.5. The minimum atomic E-state index is 0.0591. The Labute approximate surface area is 156 Å². The molecule has 0 bridgehead atoms. The van der Waals surface area contributed by atoms with Crippen LogP contribution >= 0.6 is 0 Å². The molecule has 1 aromatic rings. The Hall–Kier alpha value is -2.24. The van der Waals surface area contributed by atoms with Crippen molar-refractivity contribution in [3.63, 3.8) is 0 Å². The summed E-state index contributed by atoms with van der Waals surface area (Å²) in [5.74, 6) is 2.04. The summed E-state index contributed by atoms with van der Waals surface area (Å²) < 4.78 is 10.8. The highest BCUT2D eigenvalue weighted by atomic mass is 16.5. The van der Waals surface area contributed by atoms with Gasteiger partial charge in [-0.2, -0.15) is 0 Å². The van der Waals surface area contributed by atoms with Crippen molar-refractivity contribution in [1.82, 2.24) is 9.80 Å². The highest BCUT2D eigenvalue weighted by Gasteiger charge is 2.25. The van der Waals surface area contributed by atoms with E-state index in [-0.39, 0.29) is 18.2 Å². The minimum absolute atomic E-state index is 0.0591. The van der Waals surface area contributed by atoms with E-state index in [9.17, 15) is 9.59 Å². The molecular formula is C20H30N2O4. The van der Waals surface area contributed by atoms with E-state index in [1.807, 2.05) is 42.7 Å². The standard InChI is InChI=1S/C20H30N2O4/c1-14(2)12-18(23)21-8-10-22(11-9-21)19(24)13-16-6-7-17(25-4)15(3)20(16)26-5/h6-7,14H,8-13H2,1-5H3. The van der Waals surface area contributed by atoms with Gasteiger partial charge in [-0.3, -0.25) is 9.59 Å². The lowest BCUT2D eigenvalue weighted by Crippen LogP contribution is -2.51. The first-order chi connectivity index (χ1) is 12.4. The maximum atomic E-state index is 12.7. The van der Waals surface area contributed by atoms with Gasteiger partial charge in [-0.15, -0.1) is 0 Å². The van der Waals surface area contributed by atoms with Crippen molar-refractivity contribution in [2.45, 2.75) is 33.6 Å². The summed E-state index contributed by atoms with van der Waals surface area (Å²) in [6.07, 6.45) is 0.851. The van der Waals surface area contributed by atoms with Crippen molar-refractivity contribution < 1.29 is 19.1 Å². The quantitative estimate of drug-likeness (QED) is 0.779. The third-order valence-corrected chi connectivity index (χ3v) is 4.77. The molecule has 1 saturated heterocycles. The molecule has 1 aliphatic rings. The molecule has 0 aromatic heterocycles. The Morgan fingerprint density at radius 3 is 2.08 bits per heavy atom. The van der Waals surface area contributed by atoms with Crippen molar-refractivity contribution in [1.29, 1.82) is 0 Å². The lowest BCUT2D eigenvalue weighted by Gasteiger charge is -2.35. The predicted octanol–water partition coefficient (Wildman–Crippen LogP) is 2.27. The number of benzene rings is 1. The average molecular weight is 362 g/mol. The largest absolute Gasteiger partial charge is 0.496 e. The lowest BCUT2D eigenvalue weighted by molar-refractivity contribution is -0.139. The van der Waals surface area contributed by atoms with Gasteiger partial charge in [-0.25, -0.2) is 0 Å². The van der Waals surface area contributed by atoms with Crippen LogP contribution in [0, 0.1) is 12.8 Å². The van der Waals surface area contributed by atoms with Crippen molar-refractivity contribution >= 4 is 11.8 Å². The Balaban J connectivity index is 1.98. The molecule has 144 valence electrons. The van der Waals surface area contributed by atoms with E-state index in [0.717, 1.165) is 16.9 Å². The third-order valence-electron chi connectivity index (χ3n) is 4.77. The smallest absolute Gasteiger partial charge is 0.227 e. The van der Waals surface area contributed by atoms with E-state index in [1.54, 1.807) is 14.2 Å². The molecule has 2 rings (SSSR count). The SMILES string of the molecule is COc1ccc(CC(=O)N2CCN(C(=O)CC(C)C)CC2)c(OC)c1C. The number of piperazine rings is 1. The number of carbonyl (C=O) groups is 2. The first-order valence-corrected chi connectivity index (χ1v) is 9.13. The van der Waals surface area contributed by atoms with Crippen LogP contribution in [0.2, 0.25) is 0 Å². The molecule has 0 aliphatic carbocycles. The van der Waals surface area contributed by atoms with Crippen LogP contribution in [0.5, 0.6) is 11.5 Å². The summed E-state index contributed by atoms with van der Waals surface area (Å²) in [5, 5.41) is 0. The van der Waals surface area contributed by atoms with E-state index in [2.05, 4.69) is 0 Å². The van der Waals surface area contributed by atoms with Crippen LogP contribution in [-0.2, 0) is 16.0 Å². The maximum Gasteiger partial charge on any atom is 0.227 e. The summed E-state index contributed by atoms with van der Waals surface area (Å²) in [7, 11) is 3.22. The van der Waals surface area contributed by atoms with Crippen LogP contribution in [0.3, 0.4) is 0 Å². The van der Waals surface area contributed by atoms with Crippen LogP contribution in [0.4, 0.5) is 0 Å². The second-order valence-corrected chi connectivity index (χ2v) is 7.12. The number of carbonyl (C=O) groups excluding carboxylic acids is 2. The molecule has 0 spiro atoms. The molecule has 0 radical (unpaired) electrons. The molecule has 2 amide bonds. The van der Waals surface area contributed by atoms with Gasteiger partial charge in [-0.05, 0) is 18.9 Å². The molecule has 6 heteroatoms. The Morgan fingerprint density at radius 1 is 1.00 bits per heavy atom. The maximum absolute atomic E-state index is 12.7. The van der Waals surface area contributed by atoms with Crippen molar-refractivity contribution in [2.24, 2.45) is 5.92 Å². The van der Waals surface area contributed by atoms with Gasteiger partial charge < -0.3 is 19.3 Å². The summed E-state index contributed by atoms with van der Waals surface area (Å²) in [6, 6.07) is 3.74. The van der Waals surface area contributed by atoms with Gasteiger partial charge in [-0.1, -0.05) is 19.9 Å². The highest BCUT2D eigenvalue weighted by molar-refractivity contribution is 5.81. The summed E-state index contributed by atoms with van der Waals surface area (Å²) >= 11 is 0. The number of ether oxygens (including phenoxy) is 2. The number of methoxy groups -OCH3 is 2. The summed E-state index contributed by atoms with van der Waals surface area (Å²) in [5.41, 5.74) is 1.75. The zero-order valence-corrected chi connectivity index (χ0v) is 16.5. The molecule has 6 nitrogen and oxygen atoms in total. The van der Waals surface area contributed by atoms with Crippen LogP contribution in [-0.4, -0.2) is 62.0 Å². The van der Waals surface area contributed by atoms with Gasteiger partial charge in [0.1, 0.15) is 11.5 Å². The van der Waals surface area contributed by atoms with E-state index in [4.69, 9.17) is 9.47 Å². The van der Waals surface area contributed by atoms with E-state index in [0.29, 0.717) is 44.3 Å². The first kappa shape index (κ1) is 20.1. The normalized spacial score (nSPS) is 14.5. The fourth-order valence-electron chi connectivity index (χ4n) is 3.33. The van der Waals surface area contributed by atoms with Gasteiger partial charge >= 0.3 is 0 Å². The lowest BCUT2D eigenvalue weighted by atomic mass is 10.0. The van der Waals surface area contributed by atoms with Gasteiger partial charge in [0.2, 0.25) is 11.8 Å². The number of hydrogen-bond donors (Lipinski definition) is 0. The Kier molecular flexibility index (Phi) is 6.89. The Bertz CT molecular complexity index is 649. The number of nitrogens with zero attached hydrogens (tertiary/aromatic N) is 2. The zero-order chi connectivity index (χ0) is 19.3. The van der Waals surface area contributed by atoms with Crippen LogP contribution < -0.4 is 9.47 Å². The van der Waals surface area contributed by atoms with E-state index >= 15 is 0 Å². The second kappa shape index (κ2) is 8.92. The van der Waals surface area contributed by atoms with E-state index in [1.165, 1.54) is 0 Å². The molecule has 0 unspecified atom stereocenters. The molecule has 26 heavy (non-hydrogen) atoms. The molecule has 0 N–H and O–H groups in total. The minimum Gasteiger partial charge on any atom is -0.496 e. The molecule has 1 fully saturated rings. The van der Waals surface area contributed by atoms with Gasteiger partial charge in [0.15, 0.2) is 0 Å². The topological polar surface area (TPSA) is 59.1 Å². The second-order valence-electron chi connectivity index (χ2n) is 7.12. The van der Waals surface area contributed by atoms with Gasteiger partial charge in [0.05, 0.1) is 20.6 Å². The highest BCUT2D eigenvalue weighted by Crippen LogP contribution is 2.31. The predicted molar refractivity (Wildman–Crippen MR) is 101 cm³/mol. The number of rotatable bonds is 6. The fourth-order valence-corrected chi connectivity index (χ4v) is 3.33. The van der Waals surface area contributed by atoms with Crippen LogP contribution in [0.1, 0.15) is 31.4 Å². The molecule has 1 heterocycles. The van der Waals surface area contributed by atoms with Crippen molar-refractivity contribution in [3.8, 4) is 11.5 Å². The number of amides is 2. The first-order valence-electron chi connectivity index (χ1n) is 9.13. The van der Waals surface area contributed by atoms with Crippen molar-refractivity contribution in [3.05, 3.63) is 23.3 Å². The molecule has 1 aliphatic heterocycles. The van der Waals surface area contributed by atoms with Gasteiger partial charge in [0, 0.05) is 43.7 Å². The number of hydrogen-bond acceptors (Lipinski definition) is 4. The molecule has 1 aromatic carbocycles. The molecule has 0 atom stereocenters. The van der Waals surface area contributed by atoms with Crippen LogP contribution in [0.25, 0.3) is 0 Å².